The first-order valence-corrected chi connectivity index (χ1v) is 15.5. The highest BCUT2D eigenvalue weighted by Gasteiger charge is 2.22. The standard InChI is InChI=1S/C33H36O6S/c1-5-8-25(21-32(34)37-3)24-11-14-28(15-12-24)39-22-27-9-6-10-31-30(27)16-13-26-20-29(19-23(2)33(26)31)38-17-7-18-40(4,35)36/h6,9-12,14-15,19-20,25H,7,13,16-18,21-22H2,1-4H3/t25-/m0/s1. The summed E-state index contributed by atoms with van der Waals surface area (Å²) in [6.45, 7) is 4.69. The zero-order valence-corrected chi connectivity index (χ0v) is 24.4. The Hall–Kier alpha value is -3.76. The Labute approximate surface area is 237 Å². The molecule has 4 rings (SSSR count). The van der Waals surface area contributed by atoms with E-state index in [1.54, 1.807) is 6.92 Å². The number of esters is 1. The first-order valence-electron chi connectivity index (χ1n) is 13.5. The van der Waals surface area contributed by atoms with E-state index in [2.05, 4.69) is 43.0 Å². The maximum Gasteiger partial charge on any atom is 0.307 e. The third-order valence-corrected chi connectivity index (χ3v) is 8.13. The molecule has 0 amide bonds. The van der Waals surface area contributed by atoms with Crippen LogP contribution in [0.15, 0.2) is 54.6 Å². The Bertz CT molecular complexity index is 1530. The minimum absolute atomic E-state index is 0.128. The van der Waals surface area contributed by atoms with Crippen LogP contribution in [0.2, 0.25) is 0 Å². The van der Waals surface area contributed by atoms with Crippen molar-refractivity contribution in [1.82, 2.24) is 0 Å². The molecule has 0 unspecified atom stereocenters. The summed E-state index contributed by atoms with van der Waals surface area (Å²) >= 11 is 0. The number of benzene rings is 3. The number of rotatable bonds is 11. The Morgan fingerprint density at radius 3 is 2.50 bits per heavy atom. The van der Waals surface area contributed by atoms with Gasteiger partial charge in [0.25, 0.3) is 0 Å². The van der Waals surface area contributed by atoms with Gasteiger partial charge in [0, 0.05) is 6.26 Å². The number of carbonyl (C=O) groups excluding carboxylic acids is 1. The zero-order chi connectivity index (χ0) is 28.7. The van der Waals surface area contributed by atoms with Gasteiger partial charge >= 0.3 is 5.97 Å². The van der Waals surface area contributed by atoms with Crippen molar-refractivity contribution in [3.63, 3.8) is 0 Å². The van der Waals surface area contributed by atoms with Gasteiger partial charge in [0.1, 0.15) is 27.9 Å². The summed E-state index contributed by atoms with van der Waals surface area (Å²) in [5.41, 5.74) is 8.26. The van der Waals surface area contributed by atoms with E-state index in [9.17, 15) is 13.2 Å². The van der Waals surface area contributed by atoms with Crippen LogP contribution in [-0.4, -0.2) is 40.1 Å². The van der Waals surface area contributed by atoms with Crippen molar-refractivity contribution in [2.75, 3.05) is 25.7 Å². The molecular weight excluding hydrogens is 524 g/mol. The van der Waals surface area contributed by atoms with E-state index in [-0.39, 0.29) is 24.1 Å². The van der Waals surface area contributed by atoms with Crippen LogP contribution >= 0.6 is 0 Å². The van der Waals surface area contributed by atoms with Crippen molar-refractivity contribution in [3.05, 3.63) is 82.4 Å². The fraction of sp³-hybridized carbons (Fsp3) is 0.364. The number of methoxy groups -OCH3 is 1. The zero-order valence-electron chi connectivity index (χ0n) is 23.6. The van der Waals surface area contributed by atoms with Crippen LogP contribution in [0.4, 0.5) is 0 Å². The van der Waals surface area contributed by atoms with Crippen LogP contribution in [0.5, 0.6) is 11.5 Å². The molecule has 0 saturated carbocycles. The highest BCUT2D eigenvalue weighted by atomic mass is 32.2. The quantitative estimate of drug-likeness (QED) is 0.167. The van der Waals surface area contributed by atoms with Crippen molar-refractivity contribution in [2.24, 2.45) is 0 Å². The van der Waals surface area contributed by atoms with Gasteiger partial charge < -0.3 is 14.2 Å². The van der Waals surface area contributed by atoms with Gasteiger partial charge in [0.15, 0.2) is 0 Å². The lowest BCUT2D eigenvalue weighted by molar-refractivity contribution is -0.140. The van der Waals surface area contributed by atoms with E-state index >= 15 is 0 Å². The second-order valence-electron chi connectivity index (χ2n) is 10.1. The van der Waals surface area contributed by atoms with Crippen LogP contribution in [0.1, 0.15) is 53.5 Å². The minimum Gasteiger partial charge on any atom is -0.494 e. The molecule has 0 spiro atoms. The molecule has 1 atom stereocenters. The van der Waals surface area contributed by atoms with Crippen LogP contribution in [-0.2, 0) is 38.8 Å². The van der Waals surface area contributed by atoms with Crippen molar-refractivity contribution in [3.8, 4) is 34.5 Å². The van der Waals surface area contributed by atoms with Crippen molar-refractivity contribution in [1.29, 1.82) is 0 Å². The van der Waals surface area contributed by atoms with Crippen molar-refractivity contribution < 1.29 is 27.4 Å². The van der Waals surface area contributed by atoms with Crippen molar-refractivity contribution in [2.45, 2.75) is 52.1 Å². The number of carbonyl (C=O) groups is 1. The Morgan fingerprint density at radius 1 is 1.02 bits per heavy atom. The molecule has 1 aliphatic rings. The van der Waals surface area contributed by atoms with Crippen LogP contribution in [0.25, 0.3) is 11.1 Å². The summed E-state index contributed by atoms with van der Waals surface area (Å²) in [7, 11) is -1.60. The first kappa shape index (κ1) is 29.2. The van der Waals surface area contributed by atoms with Gasteiger partial charge in [-0.3, -0.25) is 4.79 Å². The molecule has 3 aromatic rings. The largest absolute Gasteiger partial charge is 0.494 e. The molecule has 0 heterocycles. The number of aryl methyl sites for hydroxylation is 2. The number of fused-ring (bicyclic) bond motifs is 3. The molecule has 6 nitrogen and oxygen atoms in total. The number of ether oxygens (including phenoxy) is 3. The third-order valence-electron chi connectivity index (χ3n) is 7.10. The maximum absolute atomic E-state index is 11.8. The molecule has 0 radical (unpaired) electrons. The topological polar surface area (TPSA) is 78.9 Å². The summed E-state index contributed by atoms with van der Waals surface area (Å²) in [5.74, 6) is 7.16. The summed E-state index contributed by atoms with van der Waals surface area (Å²) in [5, 5.41) is 0. The molecule has 7 heteroatoms. The molecular formula is C33H36O6S. The normalized spacial score (nSPS) is 12.8. The van der Waals surface area contributed by atoms with Gasteiger partial charge in [0.05, 0.1) is 31.8 Å². The Kier molecular flexibility index (Phi) is 9.54. The van der Waals surface area contributed by atoms with Gasteiger partial charge in [-0.15, -0.1) is 5.92 Å². The van der Waals surface area contributed by atoms with E-state index in [4.69, 9.17) is 14.2 Å². The van der Waals surface area contributed by atoms with Gasteiger partial charge in [-0.2, -0.15) is 0 Å². The van der Waals surface area contributed by atoms with Gasteiger partial charge in [-0.05, 0) is 96.3 Å². The molecule has 0 saturated heterocycles. The molecule has 0 fully saturated rings. The van der Waals surface area contributed by atoms with Crippen LogP contribution in [0.3, 0.4) is 0 Å². The molecule has 210 valence electrons. The highest BCUT2D eigenvalue weighted by molar-refractivity contribution is 7.90. The second-order valence-corrected chi connectivity index (χ2v) is 12.4. The summed E-state index contributed by atoms with van der Waals surface area (Å²) in [6.07, 6.45) is 3.74. The average molecular weight is 561 g/mol. The molecule has 0 N–H and O–H groups in total. The number of sulfone groups is 1. The average Bonchev–Trinajstić information content (AvgIpc) is 2.93. The summed E-state index contributed by atoms with van der Waals surface area (Å²) in [4.78, 5) is 11.8. The van der Waals surface area contributed by atoms with Gasteiger partial charge in [-0.25, -0.2) is 8.42 Å². The predicted octanol–water partition coefficient (Wildman–Crippen LogP) is 5.82. The number of hydrogen-bond donors (Lipinski definition) is 0. The SMILES string of the molecule is CC#C[C@@H](CC(=O)OC)c1ccc(OCc2cccc3c2CCc2cc(OCCCS(C)(=O)=O)cc(C)c2-3)cc1. The first-order chi connectivity index (χ1) is 19.2. The van der Waals surface area contributed by atoms with Crippen LogP contribution < -0.4 is 9.47 Å². The third kappa shape index (κ3) is 7.45. The van der Waals surface area contributed by atoms with E-state index in [1.807, 2.05) is 30.3 Å². The number of hydrogen-bond acceptors (Lipinski definition) is 6. The lowest BCUT2D eigenvalue weighted by Gasteiger charge is -2.25. The van der Waals surface area contributed by atoms with E-state index in [0.29, 0.717) is 19.6 Å². The molecule has 0 bridgehead atoms. The van der Waals surface area contributed by atoms with E-state index < -0.39 is 9.84 Å². The van der Waals surface area contributed by atoms with Gasteiger partial charge in [0.2, 0.25) is 0 Å². The molecule has 0 aliphatic heterocycles. The fourth-order valence-electron chi connectivity index (χ4n) is 5.19. The molecule has 1 aliphatic carbocycles. The lowest BCUT2D eigenvalue weighted by atomic mass is 9.81. The van der Waals surface area contributed by atoms with Crippen molar-refractivity contribution >= 4 is 15.8 Å². The molecule has 40 heavy (non-hydrogen) atoms. The molecule has 3 aromatic carbocycles. The Morgan fingerprint density at radius 2 is 1.80 bits per heavy atom. The minimum atomic E-state index is -2.98. The van der Waals surface area contributed by atoms with Gasteiger partial charge in [-0.1, -0.05) is 36.3 Å². The smallest absolute Gasteiger partial charge is 0.307 e. The van der Waals surface area contributed by atoms with Crippen LogP contribution in [0, 0.1) is 18.8 Å². The monoisotopic (exact) mass is 560 g/mol. The fourth-order valence-corrected chi connectivity index (χ4v) is 5.84. The highest BCUT2D eigenvalue weighted by Crippen LogP contribution is 2.39. The lowest BCUT2D eigenvalue weighted by Crippen LogP contribution is -2.11. The maximum atomic E-state index is 11.8. The Balaban J connectivity index is 1.46. The second kappa shape index (κ2) is 13.1. The summed E-state index contributed by atoms with van der Waals surface area (Å²) < 4.78 is 39.6. The van der Waals surface area contributed by atoms with E-state index in [0.717, 1.165) is 41.0 Å². The summed E-state index contributed by atoms with van der Waals surface area (Å²) in [6, 6.07) is 18.2. The van der Waals surface area contributed by atoms with E-state index in [1.165, 1.54) is 35.6 Å². The predicted molar refractivity (Wildman–Crippen MR) is 157 cm³/mol. The molecule has 0 aromatic heterocycles.